The van der Waals surface area contributed by atoms with E-state index in [1.165, 1.54) is 38.8 Å². The lowest BCUT2D eigenvalue weighted by Gasteiger charge is -2.13. The Hall–Kier alpha value is -6.64. The quantitative estimate of drug-likeness (QED) is 0.170. The van der Waals surface area contributed by atoms with E-state index in [-0.39, 0.29) is 0 Å². The average Bonchev–Trinajstić information content (AvgIpc) is 3.21. The summed E-state index contributed by atoms with van der Waals surface area (Å²) in [6.07, 6.45) is 0. The Morgan fingerprint density at radius 2 is 0.720 bits per heavy atom. The van der Waals surface area contributed by atoms with Gasteiger partial charge in [0.1, 0.15) is 0 Å². The van der Waals surface area contributed by atoms with Crippen LogP contribution in [-0.4, -0.2) is 9.97 Å². The van der Waals surface area contributed by atoms with Crippen LogP contribution in [0, 0.1) is 0 Å². The van der Waals surface area contributed by atoms with Crippen molar-refractivity contribution in [1.29, 1.82) is 0 Å². The molecule has 9 rings (SSSR count). The van der Waals surface area contributed by atoms with Gasteiger partial charge in [-0.05, 0) is 73.5 Å². The third-order valence-corrected chi connectivity index (χ3v) is 9.50. The average molecular weight is 637 g/mol. The van der Waals surface area contributed by atoms with Crippen molar-refractivity contribution in [3.05, 3.63) is 194 Å². The van der Waals surface area contributed by atoms with E-state index >= 15 is 0 Å². The first kappa shape index (κ1) is 29.5. The van der Waals surface area contributed by atoms with Gasteiger partial charge in [0.15, 0.2) is 5.82 Å². The van der Waals surface area contributed by atoms with Gasteiger partial charge in [-0.25, -0.2) is 9.97 Å². The molecule has 0 unspecified atom stereocenters. The Balaban J connectivity index is 1.13. The molecular formula is C48H32N2. The summed E-state index contributed by atoms with van der Waals surface area (Å²) in [6, 6.07) is 68.7. The van der Waals surface area contributed by atoms with Crippen LogP contribution in [0.3, 0.4) is 0 Å². The highest BCUT2D eigenvalue weighted by atomic mass is 14.9. The van der Waals surface area contributed by atoms with Crippen molar-refractivity contribution in [3.8, 4) is 67.2 Å². The van der Waals surface area contributed by atoms with E-state index in [0.717, 1.165) is 44.2 Å². The molecule has 0 bridgehead atoms. The monoisotopic (exact) mass is 636 g/mol. The summed E-state index contributed by atoms with van der Waals surface area (Å²) in [5.41, 5.74) is 13.4. The molecule has 0 amide bonds. The number of hydrogen-bond acceptors (Lipinski definition) is 2. The Labute approximate surface area is 292 Å². The van der Waals surface area contributed by atoms with Gasteiger partial charge in [0, 0.05) is 16.5 Å². The van der Waals surface area contributed by atoms with Crippen LogP contribution in [-0.2, 0) is 0 Å². The molecule has 234 valence electrons. The molecule has 0 saturated heterocycles. The summed E-state index contributed by atoms with van der Waals surface area (Å²) in [5, 5.41) is 3.39. The molecule has 1 heterocycles. The standard InChI is InChI=1S/C48H32N2/c1-3-11-33(12-4-1)35-21-23-36(24-22-35)42-18-10-19-43(32-42)47-46-44-20-8-7-15-38(44)29-30-45(46)49-48(50-47)39-27-25-37(26-28-39)41-17-9-16-40(31-41)34-13-5-2-6-14-34/h1-32H. The fourth-order valence-electron chi connectivity index (χ4n) is 6.89. The predicted octanol–water partition coefficient (Wildman–Crippen LogP) is 12.8. The zero-order valence-corrected chi connectivity index (χ0v) is 27.4. The minimum absolute atomic E-state index is 0.713. The number of nitrogens with zero attached hydrogens (tertiary/aromatic N) is 2. The first-order chi connectivity index (χ1) is 24.8. The Morgan fingerprint density at radius 3 is 1.34 bits per heavy atom. The van der Waals surface area contributed by atoms with Gasteiger partial charge >= 0.3 is 0 Å². The third kappa shape index (κ3) is 5.63. The summed E-state index contributed by atoms with van der Waals surface area (Å²) in [5.74, 6) is 0.713. The first-order valence-corrected chi connectivity index (χ1v) is 17.0. The van der Waals surface area contributed by atoms with Gasteiger partial charge in [0.05, 0.1) is 11.2 Å². The largest absolute Gasteiger partial charge is 0.228 e. The second kappa shape index (κ2) is 12.8. The van der Waals surface area contributed by atoms with E-state index in [9.17, 15) is 0 Å². The number of fused-ring (bicyclic) bond motifs is 3. The number of rotatable bonds is 6. The molecule has 9 aromatic rings. The van der Waals surface area contributed by atoms with E-state index < -0.39 is 0 Å². The smallest absolute Gasteiger partial charge is 0.160 e. The Bertz CT molecular complexity index is 2610. The fourth-order valence-corrected chi connectivity index (χ4v) is 6.89. The molecule has 8 aromatic carbocycles. The van der Waals surface area contributed by atoms with Crippen LogP contribution in [0.25, 0.3) is 88.8 Å². The molecular weight excluding hydrogens is 605 g/mol. The van der Waals surface area contributed by atoms with E-state index in [4.69, 9.17) is 9.97 Å². The summed E-state index contributed by atoms with van der Waals surface area (Å²) >= 11 is 0. The first-order valence-electron chi connectivity index (χ1n) is 17.0. The van der Waals surface area contributed by atoms with Crippen LogP contribution in [0.15, 0.2) is 194 Å². The maximum Gasteiger partial charge on any atom is 0.160 e. The van der Waals surface area contributed by atoms with Gasteiger partial charge in [0.25, 0.3) is 0 Å². The second-order valence-electron chi connectivity index (χ2n) is 12.6. The molecule has 50 heavy (non-hydrogen) atoms. The lowest BCUT2D eigenvalue weighted by molar-refractivity contribution is 1.23. The summed E-state index contributed by atoms with van der Waals surface area (Å²) in [7, 11) is 0. The van der Waals surface area contributed by atoms with Crippen LogP contribution in [0.5, 0.6) is 0 Å². The fraction of sp³-hybridized carbons (Fsp3) is 0. The van der Waals surface area contributed by atoms with Crippen molar-refractivity contribution in [2.45, 2.75) is 0 Å². The minimum Gasteiger partial charge on any atom is -0.228 e. The van der Waals surface area contributed by atoms with E-state index in [1.54, 1.807) is 0 Å². The van der Waals surface area contributed by atoms with Crippen LogP contribution in [0.2, 0.25) is 0 Å². The molecule has 1 aromatic heterocycles. The van der Waals surface area contributed by atoms with Gasteiger partial charge in [-0.15, -0.1) is 0 Å². The molecule has 2 heteroatoms. The zero-order chi connectivity index (χ0) is 33.3. The Kier molecular flexibility index (Phi) is 7.53. The van der Waals surface area contributed by atoms with Gasteiger partial charge in [-0.3, -0.25) is 0 Å². The van der Waals surface area contributed by atoms with Gasteiger partial charge in [-0.1, -0.05) is 176 Å². The molecule has 0 aliphatic heterocycles. The van der Waals surface area contributed by atoms with Crippen LogP contribution >= 0.6 is 0 Å². The Morgan fingerprint density at radius 1 is 0.280 bits per heavy atom. The van der Waals surface area contributed by atoms with Crippen LogP contribution in [0.4, 0.5) is 0 Å². The lowest BCUT2D eigenvalue weighted by atomic mass is 9.96. The minimum atomic E-state index is 0.713. The SMILES string of the molecule is c1ccc(-c2ccc(-c3cccc(-c4nc(-c5ccc(-c6cccc(-c7ccccc7)c6)cc5)nc5ccc6ccccc6c45)c3)cc2)cc1. The lowest BCUT2D eigenvalue weighted by Crippen LogP contribution is -1.96. The number of aromatic nitrogens is 2. The van der Waals surface area contributed by atoms with E-state index in [0.29, 0.717) is 5.82 Å². The van der Waals surface area contributed by atoms with Gasteiger partial charge in [0.2, 0.25) is 0 Å². The van der Waals surface area contributed by atoms with Crippen LogP contribution in [0.1, 0.15) is 0 Å². The second-order valence-corrected chi connectivity index (χ2v) is 12.6. The van der Waals surface area contributed by atoms with Crippen LogP contribution < -0.4 is 0 Å². The number of hydrogen-bond donors (Lipinski definition) is 0. The maximum atomic E-state index is 5.33. The van der Waals surface area contributed by atoms with E-state index in [1.807, 2.05) is 0 Å². The highest BCUT2D eigenvalue weighted by Crippen LogP contribution is 2.37. The van der Waals surface area contributed by atoms with Crippen molar-refractivity contribution in [3.63, 3.8) is 0 Å². The van der Waals surface area contributed by atoms with Crippen molar-refractivity contribution in [2.75, 3.05) is 0 Å². The van der Waals surface area contributed by atoms with Gasteiger partial charge in [-0.2, -0.15) is 0 Å². The van der Waals surface area contributed by atoms with Crippen molar-refractivity contribution in [1.82, 2.24) is 9.97 Å². The maximum absolute atomic E-state index is 5.33. The summed E-state index contributed by atoms with van der Waals surface area (Å²) in [4.78, 5) is 10.5. The van der Waals surface area contributed by atoms with Gasteiger partial charge < -0.3 is 0 Å². The molecule has 0 fully saturated rings. The summed E-state index contributed by atoms with van der Waals surface area (Å²) < 4.78 is 0. The molecule has 0 aliphatic rings. The third-order valence-electron chi connectivity index (χ3n) is 9.50. The zero-order valence-electron chi connectivity index (χ0n) is 27.4. The van der Waals surface area contributed by atoms with Crippen molar-refractivity contribution >= 4 is 21.7 Å². The van der Waals surface area contributed by atoms with E-state index in [2.05, 4.69) is 194 Å². The molecule has 0 atom stereocenters. The topological polar surface area (TPSA) is 25.8 Å². The molecule has 0 spiro atoms. The molecule has 0 aliphatic carbocycles. The number of benzene rings is 8. The normalized spacial score (nSPS) is 11.2. The summed E-state index contributed by atoms with van der Waals surface area (Å²) in [6.45, 7) is 0. The van der Waals surface area contributed by atoms with Crippen molar-refractivity contribution < 1.29 is 0 Å². The molecule has 0 saturated carbocycles. The highest BCUT2D eigenvalue weighted by molar-refractivity contribution is 6.12. The molecule has 2 nitrogen and oxygen atoms in total. The van der Waals surface area contributed by atoms with Crippen molar-refractivity contribution in [2.24, 2.45) is 0 Å². The molecule has 0 N–H and O–H groups in total. The predicted molar refractivity (Wildman–Crippen MR) is 210 cm³/mol. The molecule has 0 radical (unpaired) electrons. The highest BCUT2D eigenvalue weighted by Gasteiger charge is 2.15.